The average Bonchev–Trinajstić information content (AvgIpc) is 0. The zero-order chi connectivity index (χ0) is 0. The van der Waals surface area contributed by atoms with Crippen LogP contribution in [0.25, 0.3) is 0 Å². The maximum absolute atomic E-state index is 0. The van der Waals surface area contributed by atoms with Crippen LogP contribution < -0.4 is 0 Å². The zero-order valence-corrected chi connectivity index (χ0v) is 22.2. The summed E-state index contributed by atoms with van der Waals surface area (Å²) < 4.78 is 0. The van der Waals surface area contributed by atoms with Gasteiger partial charge in [-0.2, -0.15) is 0 Å². The third-order valence-electron chi connectivity index (χ3n) is 0. The minimum atomic E-state index is 0. The van der Waals surface area contributed by atoms with Gasteiger partial charge in [-0.3, -0.25) is 0 Å². The van der Waals surface area contributed by atoms with E-state index < -0.39 is 0 Å². The van der Waals surface area contributed by atoms with Crippen molar-refractivity contribution in [1.29, 1.82) is 0 Å². The van der Waals surface area contributed by atoms with Crippen LogP contribution in [-0.2, 0) is 52.3 Å². The number of hydrogen-bond donors (Lipinski definition) is 0. The van der Waals surface area contributed by atoms with Crippen LogP contribution >= 0.6 is 0 Å². The fraction of sp³-hybridized carbons (Fsp3) is 0. The molecule has 0 bridgehead atoms. The Hall–Kier alpha value is 4.41. The smallest absolute Gasteiger partial charge is 2.00 e. The van der Waals surface area contributed by atoms with E-state index in [1.54, 1.807) is 0 Å². The van der Waals surface area contributed by atoms with E-state index in [9.17, 15) is 0 Å². The molecule has 0 spiro atoms. The third kappa shape index (κ3) is 37.9. The predicted octanol–water partition coefficient (Wildman–Crippen LogP) is -1.65. The number of rotatable bonds is 0. The molecule has 0 unspecified atom stereocenters. The SMILES string of the molecule is [Cd].[Ga].[Ge].[O-2].[Pb+2].[Sn].[Zn]. The summed E-state index contributed by atoms with van der Waals surface area (Å²) in [5.41, 5.74) is 0. The monoisotopic (exact) mass is 665 g/mol. The molecule has 0 heterocycles. The molecule has 0 aromatic rings. The van der Waals surface area contributed by atoms with Gasteiger partial charge in [0.1, 0.15) is 0 Å². The molecule has 0 N–H and O–H groups in total. The van der Waals surface area contributed by atoms with Crippen molar-refractivity contribution in [3.8, 4) is 0 Å². The summed E-state index contributed by atoms with van der Waals surface area (Å²) in [5.74, 6) is 0. The van der Waals surface area contributed by atoms with Crippen molar-refractivity contribution in [2.45, 2.75) is 0 Å². The Labute approximate surface area is 138 Å². The molecular weight excluding hydrogens is 662 g/mol. The molecule has 13 radical (unpaired) electrons. The van der Waals surface area contributed by atoms with Crippen LogP contribution in [0, 0.1) is 0 Å². The molecule has 25 valence electrons. The van der Waals surface area contributed by atoms with Crippen LogP contribution in [0.3, 0.4) is 0 Å². The molecule has 0 aliphatic heterocycles. The minimum Gasteiger partial charge on any atom is -2.00 e. The van der Waals surface area contributed by atoms with Crippen LogP contribution in [0.15, 0.2) is 0 Å². The molecule has 0 fully saturated rings. The van der Waals surface area contributed by atoms with Crippen LogP contribution in [0.5, 0.6) is 0 Å². The Kier molecular flexibility index (Phi) is 431. The summed E-state index contributed by atoms with van der Waals surface area (Å²) in [5, 5.41) is 0. The molecule has 0 amide bonds. The maximum atomic E-state index is 0. The fourth-order valence-electron chi connectivity index (χ4n) is 0. The Balaban J connectivity index is 0. The molecular formula is CdGaGeOPbSnZn. The second-order valence-corrected chi connectivity index (χ2v) is 0. The summed E-state index contributed by atoms with van der Waals surface area (Å²) in [6.07, 6.45) is 0. The first-order valence-corrected chi connectivity index (χ1v) is 0. The van der Waals surface area contributed by atoms with Crippen LogP contribution in [0.2, 0.25) is 0 Å². The van der Waals surface area contributed by atoms with Crippen LogP contribution in [0.1, 0.15) is 0 Å². The first kappa shape index (κ1) is 63.6. The van der Waals surface area contributed by atoms with Gasteiger partial charge in [0.25, 0.3) is 0 Å². The molecule has 0 atom stereocenters. The molecule has 0 saturated carbocycles. The molecule has 0 aromatic carbocycles. The first-order chi connectivity index (χ1) is 0. The Morgan fingerprint density at radius 3 is 1.00 bits per heavy atom. The van der Waals surface area contributed by atoms with E-state index in [1.165, 1.54) is 0 Å². The van der Waals surface area contributed by atoms with Crippen molar-refractivity contribution in [2.75, 3.05) is 0 Å². The van der Waals surface area contributed by atoms with Gasteiger partial charge >= 0.3 is 27.3 Å². The second-order valence-electron chi connectivity index (χ2n) is 0. The van der Waals surface area contributed by atoms with Gasteiger partial charge < -0.3 is 5.48 Å². The van der Waals surface area contributed by atoms with Gasteiger partial charge in [0, 0.05) is 108 Å². The van der Waals surface area contributed by atoms with E-state index in [2.05, 4.69) is 0 Å². The van der Waals surface area contributed by atoms with E-state index in [4.69, 9.17) is 0 Å². The molecule has 1 nitrogen and oxygen atoms in total. The molecule has 0 aromatic heterocycles. The third-order valence-corrected chi connectivity index (χ3v) is 0. The molecule has 0 saturated heterocycles. The van der Waals surface area contributed by atoms with Crippen molar-refractivity contribution in [3.63, 3.8) is 0 Å². The van der Waals surface area contributed by atoms with Gasteiger partial charge in [-0.05, 0) is 0 Å². The molecule has 0 rings (SSSR count). The van der Waals surface area contributed by atoms with E-state index in [-0.39, 0.29) is 141 Å². The van der Waals surface area contributed by atoms with Gasteiger partial charge in [0.05, 0.1) is 0 Å². The summed E-state index contributed by atoms with van der Waals surface area (Å²) in [4.78, 5) is 0. The van der Waals surface area contributed by atoms with Crippen molar-refractivity contribution in [3.05, 3.63) is 0 Å². The quantitative estimate of drug-likeness (QED) is 0.279. The molecule has 7 heavy (non-hydrogen) atoms. The van der Waals surface area contributed by atoms with E-state index in [0.29, 0.717) is 0 Å². The minimum absolute atomic E-state index is 0. The Bertz CT molecular complexity index is 19.7. The van der Waals surface area contributed by atoms with E-state index in [0.717, 1.165) is 0 Å². The largest absolute Gasteiger partial charge is 2.00 e. The van der Waals surface area contributed by atoms with E-state index >= 15 is 0 Å². The van der Waals surface area contributed by atoms with Gasteiger partial charge in [-0.25, -0.2) is 0 Å². The van der Waals surface area contributed by atoms with Crippen LogP contribution in [0.4, 0.5) is 0 Å². The summed E-state index contributed by atoms with van der Waals surface area (Å²) >= 11 is 0. The van der Waals surface area contributed by atoms with Gasteiger partial charge in [-0.15, -0.1) is 0 Å². The van der Waals surface area contributed by atoms with Gasteiger partial charge in [0.2, 0.25) is 0 Å². The molecule has 0 aliphatic rings. The Morgan fingerprint density at radius 1 is 1.00 bits per heavy atom. The van der Waals surface area contributed by atoms with Gasteiger partial charge in [-0.1, -0.05) is 0 Å². The van der Waals surface area contributed by atoms with Gasteiger partial charge in [0.15, 0.2) is 0 Å². The molecule has 7 heteroatoms. The summed E-state index contributed by atoms with van der Waals surface area (Å²) in [6.45, 7) is 0. The second kappa shape index (κ2) is 47.4. The summed E-state index contributed by atoms with van der Waals surface area (Å²) in [6, 6.07) is 0. The first-order valence-electron chi connectivity index (χ1n) is 0. The topological polar surface area (TPSA) is 28.5 Å². The van der Waals surface area contributed by atoms with E-state index in [1.807, 2.05) is 0 Å². The average molecular weight is 662 g/mol. The summed E-state index contributed by atoms with van der Waals surface area (Å²) in [7, 11) is 0. The van der Waals surface area contributed by atoms with Crippen molar-refractivity contribution >= 4 is 88.6 Å². The predicted molar refractivity (Wildman–Crippen MR) is 23.7 cm³/mol. The fourth-order valence-corrected chi connectivity index (χ4v) is 0. The van der Waals surface area contributed by atoms with Crippen molar-refractivity contribution in [2.24, 2.45) is 0 Å². The van der Waals surface area contributed by atoms with Crippen molar-refractivity contribution in [1.82, 2.24) is 0 Å². The molecule has 0 aliphatic carbocycles. The normalized spacial score (nSPS) is 0. The Morgan fingerprint density at radius 2 is 1.00 bits per heavy atom. The maximum Gasteiger partial charge on any atom is 2.00 e. The van der Waals surface area contributed by atoms with Crippen LogP contribution in [-0.4, -0.2) is 88.6 Å². The van der Waals surface area contributed by atoms with Crippen molar-refractivity contribution < 1.29 is 52.3 Å². The standard InChI is InChI=1S/Cd.Ga.Ge.O.Pb.Sn.Zn/q;;;-2;+2;;. The zero-order valence-electron chi connectivity index (χ0n) is 3.90. The number of hydrogen-bond acceptors (Lipinski definition) is 0.